The summed E-state index contributed by atoms with van der Waals surface area (Å²) in [6.07, 6.45) is -4.50. The highest BCUT2D eigenvalue weighted by Crippen LogP contribution is 2.50. The van der Waals surface area contributed by atoms with Crippen molar-refractivity contribution in [2.45, 2.75) is 131 Å². The molecule has 3 aromatic rings. The number of nitrogens with two attached hydrogens (primary N) is 1. The van der Waals surface area contributed by atoms with Crippen LogP contribution in [0.4, 0.5) is 10.3 Å². The van der Waals surface area contributed by atoms with Crippen LogP contribution in [0.15, 0.2) is 38.8 Å². The molecule has 10 unspecified atom stereocenters. The van der Waals surface area contributed by atoms with Crippen LogP contribution in [0.2, 0.25) is 0 Å². The number of imidazole rings is 1. The quantitative estimate of drug-likeness (QED) is 0.218. The Kier molecular flexibility index (Phi) is 17.2. The SMILES string of the molecule is C.C.CC(C)C1C(F)C(n2cnc3c(=O)[nH]c(N)nc32)OC1C(C)OP(=O)([O-])C(C)C.Cc1cn(C2CC(OP(=O)([O-])C(C)C)C(/C=C/P(=O)([O-])[O-])O2)c(=O)[nH]c1=O. The molecule has 0 aromatic carbocycles. The first-order valence-electron chi connectivity index (χ1n) is 17.4. The van der Waals surface area contributed by atoms with Crippen LogP contribution in [0.5, 0.6) is 0 Å². The first-order valence-corrected chi connectivity index (χ1v) is 22.3. The monoisotopic (exact) mass is 883 g/mol. The molecule has 2 fully saturated rings. The lowest BCUT2D eigenvalue weighted by Crippen LogP contribution is -2.37. The van der Waals surface area contributed by atoms with E-state index in [4.69, 9.17) is 24.3 Å². The number of fused-ring (bicyclic) bond motifs is 1. The number of anilines is 1. The van der Waals surface area contributed by atoms with Crippen LogP contribution in [0.1, 0.15) is 87.8 Å². The number of nitrogen functional groups attached to an aromatic ring is 1. The molecule has 5 heterocycles. The predicted molar refractivity (Wildman–Crippen MR) is 205 cm³/mol. The smallest absolute Gasteiger partial charge is 0.330 e. The van der Waals surface area contributed by atoms with Crippen molar-refractivity contribution >= 4 is 39.9 Å². The fraction of sp³-hybridized carbons (Fsp3) is 0.667. The molecule has 0 bridgehead atoms. The van der Waals surface area contributed by atoms with Crippen LogP contribution in [0, 0.1) is 18.8 Å². The van der Waals surface area contributed by atoms with E-state index >= 15 is 4.39 Å². The number of hydrogen-bond donors (Lipinski definition) is 3. The zero-order valence-corrected chi connectivity index (χ0v) is 34.4. The van der Waals surface area contributed by atoms with Crippen LogP contribution < -0.4 is 42.1 Å². The molecule has 21 nitrogen and oxygen atoms in total. The van der Waals surface area contributed by atoms with Crippen LogP contribution in [0.25, 0.3) is 11.2 Å². The summed E-state index contributed by atoms with van der Waals surface area (Å²) in [7, 11) is -13.4. The van der Waals surface area contributed by atoms with Gasteiger partial charge in [-0.3, -0.25) is 28.7 Å². The molecular weight excluding hydrogens is 830 g/mol. The van der Waals surface area contributed by atoms with E-state index in [9.17, 15) is 47.7 Å². The Morgan fingerprint density at radius 2 is 1.55 bits per heavy atom. The molecule has 10 atom stereocenters. The van der Waals surface area contributed by atoms with Gasteiger partial charge in [0, 0.05) is 35.4 Å². The predicted octanol–water partition coefficient (Wildman–Crippen LogP) is 1.76. The first-order chi connectivity index (χ1) is 25.7. The second-order valence-electron chi connectivity index (χ2n) is 14.4. The number of nitrogens with one attached hydrogen (secondary N) is 2. The molecule has 2 aliphatic heterocycles. The lowest BCUT2D eigenvalue weighted by atomic mass is 9.85. The van der Waals surface area contributed by atoms with Crippen LogP contribution >= 0.6 is 22.8 Å². The molecule has 4 N–H and O–H groups in total. The lowest BCUT2D eigenvalue weighted by Gasteiger charge is -2.34. The number of halogens is 1. The van der Waals surface area contributed by atoms with Gasteiger partial charge in [0.15, 0.2) is 23.6 Å². The number of aromatic amines is 2. The molecule has 0 aliphatic carbocycles. The van der Waals surface area contributed by atoms with Crippen molar-refractivity contribution in [1.29, 1.82) is 0 Å². The maximum absolute atomic E-state index is 15.5. The second-order valence-corrected chi connectivity index (χ2v) is 20.4. The van der Waals surface area contributed by atoms with Crippen molar-refractivity contribution in [3.05, 3.63) is 61.2 Å². The molecule has 0 saturated carbocycles. The van der Waals surface area contributed by atoms with Gasteiger partial charge in [0.1, 0.15) is 27.5 Å². The van der Waals surface area contributed by atoms with Gasteiger partial charge >= 0.3 is 5.69 Å². The number of nitrogens with zero attached hydrogens (tertiary/aromatic N) is 4. The van der Waals surface area contributed by atoms with Crippen molar-refractivity contribution in [3.8, 4) is 0 Å². The average Bonchev–Trinajstić information content (AvgIpc) is 3.76. The topological polar surface area (TPSA) is 325 Å². The van der Waals surface area contributed by atoms with Gasteiger partial charge in [-0.1, -0.05) is 68.3 Å². The standard InChI is InChI=1S/C17H27FN5O5P.C14H22N2O9P2.2CH4/c1-7(2)10-11(18)16(27-13(10)9(5)28-29(25,26)8(3)4)23-6-20-12-14(23)21-17(19)22-15(12)24;1-8(2)27(22,23)25-11-6-12(24-10(11)4-5-26(19,20)21)16-7-9(3)13(17)15-14(16)18;;/h6-11,13,16H,1-5H3,(H,25,26)(H3,19,21,22,24);4-5,7-8,10-12H,6H2,1-3H3,(H,22,23)(H,15,17,18)(H2,19,20,21);2*1H4/p-4/b;5-4+;;. The summed E-state index contributed by atoms with van der Waals surface area (Å²) in [5.74, 6) is -0.565. The molecule has 5 rings (SSSR count). The average molecular weight is 884 g/mol. The maximum Gasteiger partial charge on any atom is 0.330 e. The Hall–Kier alpha value is -3.13. The van der Waals surface area contributed by atoms with Crippen LogP contribution in [-0.2, 0) is 32.2 Å². The molecule has 330 valence electrons. The summed E-state index contributed by atoms with van der Waals surface area (Å²) in [5, 5.41) is 0. The number of aryl methyl sites for hydroxylation is 1. The van der Waals surface area contributed by atoms with E-state index in [-0.39, 0.29) is 49.9 Å². The molecule has 0 spiro atoms. The largest absolute Gasteiger partial charge is 0.808 e. The van der Waals surface area contributed by atoms with Crippen molar-refractivity contribution in [1.82, 2.24) is 29.1 Å². The number of rotatable bonds is 12. The highest BCUT2D eigenvalue weighted by Gasteiger charge is 2.50. The van der Waals surface area contributed by atoms with Gasteiger partial charge in [-0.15, -0.1) is 0 Å². The highest BCUT2D eigenvalue weighted by molar-refractivity contribution is 7.52. The Morgan fingerprint density at radius 3 is 2.10 bits per heavy atom. The van der Waals surface area contributed by atoms with E-state index in [1.807, 2.05) is 13.8 Å². The normalized spacial score (nSPS) is 26.2. The Morgan fingerprint density at radius 1 is 0.948 bits per heavy atom. The van der Waals surface area contributed by atoms with Crippen molar-refractivity contribution in [3.63, 3.8) is 0 Å². The summed E-state index contributed by atoms with van der Waals surface area (Å²) in [4.78, 5) is 93.9. The minimum atomic E-state index is -5.01. The Labute approximate surface area is 334 Å². The third-order valence-electron chi connectivity index (χ3n) is 9.16. The number of alkyl halides is 1. The highest BCUT2D eigenvalue weighted by atomic mass is 31.2. The molecule has 2 saturated heterocycles. The Balaban J connectivity index is 0.000000388. The summed E-state index contributed by atoms with van der Waals surface area (Å²) < 4.78 is 74.8. The zero-order chi connectivity index (χ0) is 42.2. The Bertz CT molecular complexity index is 2240. The van der Waals surface area contributed by atoms with Crippen molar-refractivity contribution in [2.24, 2.45) is 11.8 Å². The van der Waals surface area contributed by atoms with Crippen molar-refractivity contribution in [2.75, 3.05) is 5.73 Å². The summed E-state index contributed by atoms with van der Waals surface area (Å²) in [5.41, 5.74) is 2.46. The van der Waals surface area contributed by atoms with E-state index in [1.54, 1.807) is 6.92 Å². The zero-order valence-electron chi connectivity index (χ0n) is 31.7. The maximum atomic E-state index is 15.5. The van der Waals surface area contributed by atoms with Gasteiger partial charge < -0.3 is 57.5 Å². The molecule has 25 heteroatoms. The van der Waals surface area contributed by atoms with Gasteiger partial charge in [-0.05, 0) is 27.4 Å². The van der Waals surface area contributed by atoms with Crippen LogP contribution in [0.3, 0.4) is 0 Å². The summed E-state index contributed by atoms with van der Waals surface area (Å²) in [6.45, 7) is 12.5. The van der Waals surface area contributed by atoms with Gasteiger partial charge in [-0.2, -0.15) is 4.98 Å². The number of hydrogen-bond acceptors (Lipinski definition) is 17. The number of H-pyrrole nitrogens is 2. The van der Waals surface area contributed by atoms with E-state index in [0.29, 0.717) is 5.82 Å². The molecule has 0 radical (unpaired) electrons. The van der Waals surface area contributed by atoms with E-state index in [2.05, 4.69) is 19.9 Å². The van der Waals surface area contributed by atoms with Gasteiger partial charge in [-0.25, -0.2) is 14.2 Å². The minimum Gasteiger partial charge on any atom is -0.808 e. The second kappa shape index (κ2) is 19.5. The fourth-order valence-electron chi connectivity index (χ4n) is 6.04. The van der Waals surface area contributed by atoms with Gasteiger partial charge in [0.05, 0.1) is 24.6 Å². The first kappa shape index (κ1) is 51.0. The molecule has 58 heavy (non-hydrogen) atoms. The third-order valence-corrected chi connectivity index (χ3v) is 13.4. The molecular formula is C33H53FN7O14P3-4. The van der Waals surface area contributed by atoms with Crippen LogP contribution in [-0.4, -0.2) is 71.0 Å². The number of aromatic nitrogens is 6. The van der Waals surface area contributed by atoms with Gasteiger partial charge in [0.2, 0.25) is 5.95 Å². The molecule has 0 amide bonds. The summed E-state index contributed by atoms with van der Waals surface area (Å²) >= 11 is 0. The third kappa shape index (κ3) is 11.8. The molecule has 2 aliphatic rings. The van der Waals surface area contributed by atoms with Crippen molar-refractivity contribution < 1.29 is 56.2 Å². The summed E-state index contributed by atoms with van der Waals surface area (Å²) in [6, 6.07) is 0. The lowest BCUT2D eigenvalue weighted by molar-refractivity contribution is -0.308. The number of ether oxygens (including phenoxy) is 2. The molecule has 3 aromatic heterocycles. The van der Waals surface area contributed by atoms with Gasteiger partial charge in [0.25, 0.3) is 11.1 Å². The van der Waals surface area contributed by atoms with E-state index < -0.39 is 99.9 Å². The van der Waals surface area contributed by atoms with E-state index in [0.717, 1.165) is 10.6 Å². The fourth-order valence-corrected chi connectivity index (χ4v) is 8.07. The van der Waals surface area contributed by atoms with E-state index in [1.165, 1.54) is 51.7 Å². The minimum absolute atomic E-state index is 0.